The van der Waals surface area contributed by atoms with Gasteiger partial charge in [-0.2, -0.15) is 8.42 Å². The van der Waals surface area contributed by atoms with Gasteiger partial charge < -0.3 is 4.18 Å². The average Bonchev–Trinajstić information content (AvgIpc) is 2.67. The summed E-state index contributed by atoms with van der Waals surface area (Å²) in [5.41, 5.74) is 1.09. The maximum atomic E-state index is 13.0. The third-order valence-electron chi connectivity index (χ3n) is 4.50. The van der Waals surface area contributed by atoms with Crippen molar-refractivity contribution in [1.29, 1.82) is 0 Å². The molecule has 5 nitrogen and oxygen atoms in total. The highest BCUT2D eigenvalue weighted by Gasteiger charge is 2.35. The fraction of sp³-hybridized carbons (Fsp3) is 0.0476. The minimum absolute atomic E-state index is 0.0537. The Balaban J connectivity index is 1.86. The van der Waals surface area contributed by atoms with Crippen LogP contribution in [0.4, 0.5) is 0 Å². The van der Waals surface area contributed by atoms with Gasteiger partial charge in [0.1, 0.15) is 4.90 Å². The number of hydrogen-bond donors (Lipinski definition) is 0. The Morgan fingerprint density at radius 2 is 1.36 bits per heavy atom. The minimum atomic E-state index is -4.20. The third kappa shape index (κ3) is 2.91. The van der Waals surface area contributed by atoms with Gasteiger partial charge in [0.25, 0.3) is 0 Å². The fourth-order valence-corrected chi connectivity index (χ4v) is 4.28. The van der Waals surface area contributed by atoms with Crippen LogP contribution in [0.1, 0.15) is 37.4 Å². The van der Waals surface area contributed by atoms with Gasteiger partial charge in [-0.05, 0) is 31.2 Å². The zero-order valence-corrected chi connectivity index (χ0v) is 16.2. The number of rotatable bonds is 3. The van der Waals surface area contributed by atoms with Crippen molar-refractivity contribution in [2.45, 2.75) is 11.8 Å². The monoisotopic (exact) mass is 412 g/mol. The van der Waals surface area contributed by atoms with Crippen molar-refractivity contribution in [1.82, 2.24) is 0 Å². The normalized spacial score (nSPS) is 13.1. The number of aryl methyl sites for hydroxylation is 1. The second-order valence-corrected chi connectivity index (χ2v) is 8.30. The van der Waals surface area contributed by atoms with E-state index in [-0.39, 0.29) is 37.9 Å². The molecule has 140 valence electrons. The molecule has 0 atom stereocenters. The number of ketones is 2. The highest BCUT2D eigenvalue weighted by Crippen LogP contribution is 2.38. The van der Waals surface area contributed by atoms with E-state index < -0.39 is 21.7 Å². The van der Waals surface area contributed by atoms with Gasteiger partial charge in [0.2, 0.25) is 0 Å². The summed E-state index contributed by atoms with van der Waals surface area (Å²) in [6.07, 6.45) is 0. The van der Waals surface area contributed by atoms with Crippen LogP contribution in [-0.2, 0) is 10.1 Å². The summed E-state index contributed by atoms with van der Waals surface area (Å²) in [5, 5.41) is 0.0583. The van der Waals surface area contributed by atoms with E-state index >= 15 is 0 Å². The molecule has 0 bridgehead atoms. The van der Waals surface area contributed by atoms with E-state index in [1.54, 1.807) is 24.3 Å². The molecule has 1 aliphatic rings. The van der Waals surface area contributed by atoms with Gasteiger partial charge in [0.05, 0.1) is 16.1 Å². The van der Waals surface area contributed by atoms with E-state index in [1.807, 2.05) is 6.92 Å². The van der Waals surface area contributed by atoms with E-state index in [0.717, 1.165) is 5.56 Å². The molecule has 3 aromatic rings. The standard InChI is InChI=1S/C21H13ClO5S/c1-12-6-8-13(9-7-12)28(25,26)27-17-11-10-16(22)18-19(17)21(24)15-5-3-2-4-14(15)20(18)23/h2-11H,1H3. The predicted molar refractivity (Wildman–Crippen MR) is 104 cm³/mol. The molecular weight excluding hydrogens is 400 g/mol. The summed E-state index contributed by atoms with van der Waals surface area (Å²) >= 11 is 6.17. The van der Waals surface area contributed by atoms with Gasteiger partial charge >= 0.3 is 10.1 Å². The molecule has 0 unspecified atom stereocenters. The third-order valence-corrected chi connectivity index (χ3v) is 6.06. The van der Waals surface area contributed by atoms with Crippen molar-refractivity contribution < 1.29 is 22.2 Å². The van der Waals surface area contributed by atoms with E-state index in [1.165, 1.54) is 36.4 Å². The highest BCUT2D eigenvalue weighted by molar-refractivity contribution is 7.87. The van der Waals surface area contributed by atoms with E-state index in [4.69, 9.17) is 15.8 Å². The molecule has 0 aliphatic heterocycles. The van der Waals surface area contributed by atoms with Crippen molar-refractivity contribution in [2.24, 2.45) is 0 Å². The first-order valence-electron chi connectivity index (χ1n) is 8.31. The molecule has 0 saturated carbocycles. The maximum Gasteiger partial charge on any atom is 0.339 e. The van der Waals surface area contributed by atoms with E-state index in [9.17, 15) is 18.0 Å². The molecule has 0 radical (unpaired) electrons. The highest BCUT2D eigenvalue weighted by atomic mass is 35.5. The SMILES string of the molecule is Cc1ccc(S(=O)(=O)Oc2ccc(Cl)c3c2C(=O)c2ccccc2C3=O)cc1. The Labute approximate surface area is 166 Å². The summed E-state index contributed by atoms with van der Waals surface area (Å²) in [6, 6.07) is 15.0. The van der Waals surface area contributed by atoms with Gasteiger partial charge in [-0.25, -0.2) is 0 Å². The first-order chi connectivity index (χ1) is 13.3. The molecule has 0 amide bonds. The summed E-state index contributed by atoms with van der Waals surface area (Å²) in [4.78, 5) is 25.8. The largest absolute Gasteiger partial charge is 0.378 e. The van der Waals surface area contributed by atoms with Crippen molar-refractivity contribution in [3.8, 4) is 5.75 Å². The molecule has 28 heavy (non-hydrogen) atoms. The molecule has 0 fully saturated rings. The van der Waals surface area contributed by atoms with Crippen molar-refractivity contribution >= 4 is 33.3 Å². The number of hydrogen-bond acceptors (Lipinski definition) is 5. The van der Waals surface area contributed by atoms with Crippen LogP contribution < -0.4 is 4.18 Å². The molecule has 0 heterocycles. The smallest absolute Gasteiger partial charge is 0.339 e. The van der Waals surface area contributed by atoms with Crippen molar-refractivity contribution in [3.05, 3.63) is 93.5 Å². The summed E-state index contributed by atoms with van der Waals surface area (Å²) in [7, 11) is -4.20. The molecule has 0 aromatic heterocycles. The average molecular weight is 413 g/mol. The Bertz CT molecular complexity index is 1240. The fourth-order valence-electron chi connectivity index (χ4n) is 3.09. The Morgan fingerprint density at radius 3 is 1.96 bits per heavy atom. The van der Waals surface area contributed by atoms with Crippen LogP contribution in [-0.4, -0.2) is 20.0 Å². The van der Waals surface area contributed by atoms with Crippen LogP contribution in [0.3, 0.4) is 0 Å². The van der Waals surface area contributed by atoms with E-state index in [2.05, 4.69) is 0 Å². The Hall–Kier alpha value is -2.96. The van der Waals surface area contributed by atoms with Gasteiger partial charge in [-0.3, -0.25) is 9.59 Å². The lowest BCUT2D eigenvalue weighted by Gasteiger charge is -2.21. The second kappa shape index (κ2) is 6.58. The molecular formula is C21H13ClO5S. The first-order valence-corrected chi connectivity index (χ1v) is 10.1. The first kappa shape index (κ1) is 18.4. The predicted octanol–water partition coefficient (Wildman–Crippen LogP) is 4.19. The van der Waals surface area contributed by atoms with Crippen molar-refractivity contribution in [2.75, 3.05) is 0 Å². The molecule has 3 aromatic carbocycles. The number of carbonyl (C=O) groups is 2. The van der Waals surface area contributed by atoms with Gasteiger partial charge in [-0.15, -0.1) is 0 Å². The Morgan fingerprint density at radius 1 is 0.786 bits per heavy atom. The molecule has 0 saturated heterocycles. The number of fused-ring (bicyclic) bond motifs is 2. The van der Waals surface area contributed by atoms with Crippen molar-refractivity contribution in [3.63, 3.8) is 0 Å². The quantitative estimate of drug-likeness (QED) is 0.471. The van der Waals surface area contributed by atoms with E-state index in [0.29, 0.717) is 0 Å². The van der Waals surface area contributed by atoms with Crippen LogP contribution in [0, 0.1) is 6.92 Å². The van der Waals surface area contributed by atoms with Gasteiger partial charge in [-0.1, -0.05) is 53.6 Å². The zero-order valence-electron chi connectivity index (χ0n) is 14.6. The second-order valence-electron chi connectivity index (χ2n) is 6.35. The van der Waals surface area contributed by atoms with Crippen LogP contribution in [0.15, 0.2) is 65.6 Å². The summed E-state index contributed by atoms with van der Waals surface area (Å²) in [5.74, 6) is -1.19. The molecule has 0 spiro atoms. The lowest BCUT2D eigenvalue weighted by molar-refractivity contribution is 0.0977. The summed E-state index contributed by atoms with van der Waals surface area (Å²) in [6.45, 7) is 1.83. The lowest BCUT2D eigenvalue weighted by atomic mass is 9.83. The molecule has 0 N–H and O–H groups in total. The summed E-state index contributed by atoms with van der Waals surface area (Å²) < 4.78 is 30.6. The maximum absolute atomic E-state index is 13.0. The number of carbonyl (C=O) groups excluding carboxylic acids is 2. The van der Waals surface area contributed by atoms with Crippen LogP contribution in [0.2, 0.25) is 5.02 Å². The van der Waals surface area contributed by atoms with Crippen LogP contribution in [0.25, 0.3) is 0 Å². The van der Waals surface area contributed by atoms with Gasteiger partial charge in [0.15, 0.2) is 17.3 Å². The van der Waals surface area contributed by atoms with Crippen LogP contribution >= 0.6 is 11.6 Å². The van der Waals surface area contributed by atoms with Gasteiger partial charge in [0, 0.05) is 11.1 Å². The number of halogens is 1. The number of benzene rings is 3. The lowest BCUT2D eigenvalue weighted by Crippen LogP contribution is -2.23. The topological polar surface area (TPSA) is 77.5 Å². The van der Waals surface area contributed by atoms with Crippen LogP contribution in [0.5, 0.6) is 5.75 Å². The Kier molecular flexibility index (Phi) is 4.33. The minimum Gasteiger partial charge on any atom is -0.378 e. The molecule has 4 rings (SSSR count). The zero-order chi connectivity index (χ0) is 20.1. The molecule has 7 heteroatoms. The molecule has 1 aliphatic carbocycles.